The zero-order valence-electron chi connectivity index (χ0n) is 7.70. The van der Waals surface area contributed by atoms with Crippen LogP contribution >= 0.6 is 11.3 Å². The Balaban J connectivity index is 2.08. The molecule has 1 heterocycles. The lowest BCUT2D eigenvalue weighted by molar-refractivity contribution is -0.439. The van der Waals surface area contributed by atoms with Crippen molar-refractivity contribution in [1.82, 2.24) is 4.98 Å². The second-order valence-electron chi connectivity index (χ2n) is 2.66. The summed E-state index contributed by atoms with van der Waals surface area (Å²) in [7, 11) is 0. The molecule has 0 fully saturated rings. The molecule has 76 valence electrons. The van der Waals surface area contributed by atoms with Crippen LogP contribution < -0.4 is 5.43 Å². The van der Waals surface area contributed by atoms with Crippen LogP contribution in [0.3, 0.4) is 0 Å². The van der Waals surface area contributed by atoms with Crippen LogP contribution in [-0.2, 0) is 0 Å². The van der Waals surface area contributed by atoms with Crippen LogP contribution in [0.15, 0.2) is 47.1 Å². The largest absolute Gasteiger partial charge is 0.691 e. The first-order chi connectivity index (χ1) is 7.36. The van der Waals surface area contributed by atoms with Crippen LogP contribution in [0.25, 0.3) is 0 Å². The molecular weight excluding hydrogens is 212 g/mol. The van der Waals surface area contributed by atoms with E-state index in [1.165, 1.54) is 11.3 Å². The summed E-state index contributed by atoms with van der Waals surface area (Å²) in [4.78, 5) is 4.45. The van der Waals surface area contributed by atoms with Crippen molar-refractivity contribution in [3.8, 4) is 0 Å². The molecule has 0 unspecified atom stereocenters. The van der Waals surface area contributed by atoms with E-state index in [9.17, 15) is 5.21 Å². The number of nitrogens with zero attached hydrogens (tertiary/aromatic N) is 3. The maximum absolute atomic E-state index is 11.4. The standard InChI is InChI=1S/C9H8N4OS/c14-13(8-4-2-1-3-5-8)12-11-9-10-6-7-15-9/h1-7H,(H,10,11)/b13-12-. The number of nitrogens with one attached hydrogen (secondary N) is 1. The molecule has 5 nitrogen and oxygen atoms in total. The molecule has 0 spiro atoms. The van der Waals surface area contributed by atoms with Crippen molar-refractivity contribution in [3.63, 3.8) is 0 Å². The summed E-state index contributed by atoms with van der Waals surface area (Å²) in [6.45, 7) is 0. The summed E-state index contributed by atoms with van der Waals surface area (Å²) >= 11 is 1.38. The molecule has 0 aliphatic carbocycles. The molecule has 1 aromatic carbocycles. The summed E-state index contributed by atoms with van der Waals surface area (Å²) in [6, 6.07) is 8.75. The second kappa shape index (κ2) is 4.52. The molecule has 6 heteroatoms. The quantitative estimate of drug-likeness (QED) is 0.491. The Bertz CT molecular complexity index is 440. The van der Waals surface area contributed by atoms with Gasteiger partial charge in [0, 0.05) is 11.6 Å². The van der Waals surface area contributed by atoms with Gasteiger partial charge in [-0.25, -0.2) is 4.98 Å². The van der Waals surface area contributed by atoms with Gasteiger partial charge in [-0.2, -0.15) is 0 Å². The number of para-hydroxylation sites is 1. The highest BCUT2D eigenvalue weighted by molar-refractivity contribution is 7.13. The van der Waals surface area contributed by atoms with E-state index in [0.717, 1.165) is 0 Å². The molecule has 2 rings (SSSR count). The number of thiazole rings is 1. The van der Waals surface area contributed by atoms with Crippen molar-refractivity contribution in [2.75, 3.05) is 5.43 Å². The SMILES string of the molecule is [O-]/[N+](=N\Nc1nccs1)c1ccccc1. The van der Waals surface area contributed by atoms with E-state index in [0.29, 0.717) is 15.7 Å². The van der Waals surface area contributed by atoms with E-state index in [1.54, 1.807) is 35.8 Å². The molecule has 0 aliphatic heterocycles. The van der Waals surface area contributed by atoms with Crippen LogP contribution in [0.5, 0.6) is 0 Å². The smallest absolute Gasteiger partial charge is 0.297 e. The fourth-order valence-electron chi connectivity index (χ4n) is 0.980. The van der Waals surface area contributed by atoms with Gasteiger partial charge >= 0.3 is 0 Å². The second-order valence-corrected chi connectivity index (χ2v) is 3.55. The molecule has 15 heavy (non-hydrogen) atoms. The average Bonchev–Trinajstić information content (AvgIpc) is 2.80. The maximum atomic E-state index is 11.4. The summed E-state index contributed by atoms with van der Waals surface area (Å²) in [6.07, 6.45) is 1.64. The highest BCUT2D eigenvalue weighted by atomic mass is 32.1. The van der Waals surface area contributed by atoms with Gasteiger partial charge < -0.3 is 5.21 Å². The molecule has 0 radical (unpaired) electrons. The molecule has 0 amide bonds. The van der Waals surface area contributed by atoms with Gasteiger partial charge in [0.2, 0.25) is 0 Å². The highest BCUT2D eigenvalue weighted by Gasteiger charge is 1.99. The monoisotopic (exact) mass is 220 g/mol. The third-order valence-electron chi connectivity index (χ3n) is 1.65. The molecule has 0 saturated carbocycles. The lowest BCUT2D eigenvalue weighted by Gasteiger charge is -2.03. The van der Waals surface area contributed by atoms with E-state index in [4.69, 9.17) is 0 Å². The average molecular weight is 220 g/mol. The fraction of sp³-hybridized carbons (Fsp3) is 0. The fourth-order valence-corrected chi connectivity index (χ4v) is 1.45. The predicted octanol–water partition coefficient (Wildman–Crippen LogP) is 2.76. The van der Waals surface area contributed by atoms with Gasteiger partial charge in [-0.3, -0.25) is 0 Å². The third-order valence-corrected chi connectivity index (χ3v) is 2.32. The van der Waals surface area contributed by atoms with E-state index in [-0.39, 0.29) is 0 Å². The lowest BCUT2D eigenvalue weighted by atomic mass is 10.3. The van der Waals surface area contributed by atoms with E-state index >= 15 is 0 Å². The number of hydrogen-bond acceptors (Lipinski definition) is 4. The Morgan fingerprint density at radius 3 is 2.80 bits per heavy atom. The van der Waals surface area contributed by atoms with Gasteiger partial charge in [0.05, 0.1) is 5.22 Å². The molecule has 0 saturated heterocycles. The van der Waals surface area contributed by atoms with Crippen LogP contribution in [0.4, 0.5) is 10.8 Å². The van der Waals surface area contributed by atoms with Gasteiger partial charge in [-0.15, -0.1) is 10.3 Å². The Morgan fingerprint density at radius 1 is 1.33 bits per heavy atom. The highest BCUT2D eigenvalue weighted by Crippen LogP contribution is 2.12. The van der Waals surface area contributed by atoms with E-state index in [1.807, 2.05) is 6.07 Å². The van der Waals surface area contributed by atoms with Gasteiger partial charge in [0.1, 0.15) is 0 Å². The molecular formula is C9H8N4OS. The van der Waals surface area contributed by atoms with Crippen molar-refractivity contribution < 1.29 is 4.86 Å². The molecule has 1 N–H and O–H groups in total. The number of aromatic nitrogens is 1. The molecule has 0 atom stereocenters. The van der Waals surface area contributed by atoms with Crippen molar-refractivity contribution >= 4 is 22.2 Å². The van der Waals surface area contributed by atoms with Gasteiger partial charge in [-0.1, -0.05) is 29.5 Å². The Labute approximate surface area is 90.3 Å². The van der Waals surface area contributed by atoms with Crippen molar-refractivity contribution in [2.45, 2.75) is 0 Å². The van der Waals surface area contributed by atoms with Crippen molar-refractivity contribution in [1.29, 1.82) is 0 Å². The minimum atomic E-state index is 0.474. The minimum absolute atomic E-state index is 0.474. The van der Waals surface area contributed by atoms with Crippen LogP contribution in [-0.4, -0.2) is 9.84 Å². The van der Waals surface area contributed by atoms with Crippen molar-refractivity contribution in [3.05, 3.63) is 47.1 Å². The van der Waals surface area contributed by atoms with Crippen molar-refractivity contribution in [2.24, 2.45) is 5.22 Å². The summed E-state index contributed by atoms with van der Waals surface area (Å²) < 4.78 is 0. The number of rotatable bonds is 3. The lowest BCUT2D eigenvalue weighted by Crippen LogP contribution is -1.97. The predicted molar refractivity (Wildman–Crippen MR) is 57.9 cm³/mol. The first kappa shape index (κ1) is 9.60. The molecule has 0 bridgehead atoms. The normalized spacial score (nSPS) is 11.3. The Kier molecular flexibility index (Phi) is 2.89. The number of anilines is 1. The first-order valence-electron chi connectivity index (χ1n) is 4.25. The van der Waals surface area contributed by atoms with E-state index in [2.05, 4.69) is 15.6 Å². The minimum Gasteiger partial charge on any atom is -0.691 e. The Hall–Kier alpha value is -1.95. The molecule has 2 aromatic rings. The topological polar surface area (TPSA) is 63.4 Å². The summed E-state index contributed by atoms with van der Waals surface area (Å²) in [5.74, 6) is 0. The zero-order valence-corrected chi connectivity index (χ0v) is 8.52. The third kappa shape index (κ3) is 2.50. The van der Waals surface area contributed by atoms with Gasteiger partial charge in [-0.05, 0) is 12.1 Å². The molecule has 0 aliphatic rings. The summed E-state index contributed by atoms with van der Waals surface area (Å²) in [5.41, 5.74) is 3.04. The Morgan fingerprint density at radius 2 is 2.13 bits per heavy atom. The van der Waals surface area contributed by atoms with Gasteiger partial charge in [0.15, 0.2) is 5.69 Å². The van der Waals surface area contributed by atoms with E-state index < -0.39 is 0 Å². The number of benzene rings is 1. The van der Waals surface area contributed by atoms with Gasteiger partial charge in [0.25, 0.3) is 5.13 Å². The zero-order chi connectivity index (χ0) is 10.5. The summed E-state index contributed by atoms with van der Waals surface area (Å²) in [5, 5.41) is 17.4. The number of hydrogen-bond donors (Lipinski definition) is 1. The van der Waals surface area contributed by atoms with Crippen LogP contribution in [0, 0.1) is 5.21 Å². The van der Waals surface area contributed by atoms with Crippen LogP contribution in [0.1, 0.15) is 0 Å². The van der Waals surface area contributed by atoms with Crippen LogP contribution in [0.2, 0.25) is 0 Å². The molecule has 1 aromatic heterocycles. The first-order valence-corrected chi connectivity index (χ1v) is 5.13. The maximum Gasteiger partial charge on any atom is 0.297 e.